The summed E-state index contributed by atoms with van der Waals surface area (Å²) in [6.07, 6.45) is 4.50. The molecule has 3 rings (SSSR count). The van der Waals surface area contributed by atoms with Crippen LogP contribution in [0.2, 0.25) is 0 Å². The number of benzene rings is 1. The highest BCUT2D eigenvalue weighted by Crippen LogP contribution is 2.19. The molecule has 0 atom stereocenters. The van der Waals surface area contributed by atoms with Gasteiger partial charge in [0.1, 0.15) is 0 Å². The number of carbonyl (C=O) groups is 3. The number of carbonyl (C=O) groups excluding carboxylic acids is 3. The Kier molecular flexibility index (Phi) is 6.32. The van der Waals surface area contributed by atoms with Gasteiger partial charge in [0.25, 0.3) is 5.91 Å². The van der Waals surface area contributed by atoms with Crippen molar-refractivity contribution in [3.8, 4) is 0 Å². The second-order valence-corrected chi connectivity index (χ2v) is 7.21. The molecule has 0 radical (unpaired) electrons. The number of hydrogen-bond donors (Lipinski definition) is 2. The molecule has 0 unspecified atom stereocenters. The van der Waals surface area contributed by atoms with E-state index in [1.165, 1.54) is 12.8 Å². The quantitative estimate of drug-likeness (QED) is 0.851. The monoisotopic (exact) mass is 372 g/mol. The topological polar surface area (TPSA) is 81.8 Å². The van der Waals surface area contributed by atoms with Crippen LogP contribution in [0.4, 0.5) is 10.5 Å². The minimum Gasteiger partial charge on any atom is -0.356 e. The molecule has 4 amide bonds. The van der Waals surface area contributed by atoms with Crippen molar-refractivity contribution in [1.29, 1.82) is 0 Å². The predicted octanol–water partition coefficient (Wildman–Crippen LogP) is 2.30. The summed E-state index contributed by atoms with van der Waals surface area (Å²) >= 11 is 0. The molecule has 0 spiro atoms. The normalized spacial score (nSPS) is 17.7. The number of likely N-dealkylation sites (tertiary alicyclic amines) is 2. The third-order valence-corrected chi connectivity index (χ3v) is 5.17. The summed E-state index contributed by atoms with van der Waals surface area (Å²) in [4.78, 5) is 40.1. The van der Waals surface area contributed by atoms with Gasteiger partial charge in [-0.25, -0.2) is 4.79 Å². The number of anilines is 1. The maximum absolute atomic E-state index is 12.6. The Labute approximate surface area is 160 Å². The fourth-order valence-electron chi connectivity index (χ4n) is 3.48. The summed E-state index contributed by atoms with van der Waals surface area (Å²) in [5, 5.41) is 5.59. The minimum atomic E-state index is -0.220. The van der Waals surface area contributed by atoms with Crippen molar-refractivity contribution >= 4 is 23.5 Å². The second-order valence-electron chi connectivity index (χ2n) is 7.21. The highest BCUT2D eigenvalue weighted by molar-refractivity contribution is 5.96. The van der Waals surface area contributed by atoms with E-state index in [0.29, 0.717) is 30.9 Å². The van der Waals surface area contributed by atoms with Crippen molar-refractivity contribution in [2.45, 2.75) is 32.6 Å². The van der Waals surface area contributed by atoms with Gasteiger partial charge in [-0.3, -0.25) is 9.59 Å². The maximum atomic E-state index is 12.6. The van der Waals surface area contributed by atoms with Crippen molar-refractivity contribution in [1.82, 2.24) is 15.1 Å². The lowest BCUT2D eigenvalue weighted by Gasteiger charge is -2.37. The van der Waals surface area contributed by atoms with E-state index in [-0.39, 0.29) is 23.8 Å². The molecule has 0 saturated carbocycles. The minimum absolute atomic E-state index is 0.00192. The molecule has 1 aromatic carbocycles. The van der Waals surface area contributed by atoms with E-state index in [1.807, 2.05) is 11.8 Å². The summed E-state index contributed by atoms with van der Waals surface area (Å²) in [7, 11) is 0. The molecular weight excluding hydrogens is 344 g/mol. The summed E-state index contributed by atoms with van der Waals surface area (Å²) in [6, 6.07) is 6.81. The molecule has 2 heterocycles. The zero-order valence-corrected chi connectivity index (χ0v) is 15.9. The summed E-state index contributed by atoms with van der Waals surface area (Å²) in [5.41, 5.74) is 1.30. The molecule has 27 heavy (non-hydrogen) atoms. The summed E-state index contributed by atoms with van der Waals surface area (Å²) in [6.45, 7) is 4.98. The number of amides is 4. The van der Waals surface area contributed by atoms with E-state index >= 15 is 0 Å². The standard InChI is InChI=1S/C20H28N4O3/c1-2-21-18(25)16-13-24(14-16)20(27)22-17-9-7-15(8-10-17)19(26)23-11-5-3-4-6-12-23/h7-10,16H,2-6,11-14H2,1H3,(H,21,25)(H,22,27). The van der Waals surface area contributed by atoms with Gasteiger partial charge in [0.05, 0.1) is 5.92 Å². The lowest BCUT2D eigenvalue weighted by Crippen LogP contribution is -2.56. The Morgan fingerprint density at radius 2 is 1.59 bits per heavy atom. The first-order valence-corrected chi connectivity index (χ1v) is 9.81. The lowest BCUT2D eigenvalue weighted by molar-refractivity contribution is -0.128. The van der Waals surface area contributed by atoms with Crippen molar-refractivity contribution in [3.63, 3.8) is 0 Å². The molecule has 2 N–H and O–H groups in total. The number of urea groups is 1. The van der Waals surface area contributed by atoms with Gasteiger partial charge >= 0.3 is 6.03 Å². The number of hydrogen-bond acceptors (Lipinski definition) is 3. The van der Waals surface area contributed by atoms with E-state index in [1.54, 1.807) is 29.2 Å². The van der Waals surface area contributed by atoms with E-state index in [0.717, 1.165) is 25.9 Å². The first-order chi connectivity index (χ1) is 13.1. The van der Waals surface area contributed by atoms with Crippen LogP contribution in [0.15, 0.2) is 24.3 Å². The van der Waals surface area contributed by atoms with Gasteiger partial charge in [0, 0.05) is 44.0 Å². The van der Waals surface area contributed by atoms with Gasteiger partial charge in [-0.15, -0.1) is 0 Å². The highest BCUT2D eigenvalue weighted by Gasteiger charge is 2.35. The fraction of sp³-hybridized carbons (Fsp3) is 0.550. The van der Waals surface area contributed by atoms with Crippen LogP contribution in [0.3, 0.4) is 0 Å². The van der Waals surface area contributed by atoms with Crippen LogP contribution in [0.25, 0.3) is 0 Å². The molecule has 0 aromatic heterocycles. The Morgan fingerprint density at radius 3 is 2.19 bits per heavy atom. The molecule has 7 heteroatoms. The molecule has 2 fully saturated rings. The van der Waals surface area contributed by atoms with E-state index < -0.39 is 0 Å². The SMILES string of the molecule is CCNC(=O)C1CN(C(=O)Nc2ccc(C(=O)N3CCCCCC3)cc2)C1. The average Bonchev–Trinajstić information content (AvgIpc) is 2.90. The van der Waals surface area contributed by atoms with Gasteiger partial charge in [-0.05, 0) is 44.0 Å². The molecule has 146 valence electrons. The predicted molar refractivity (Wildman–Crippen MR) is 104 cm³/mol. The molecule has 7 nitrogen and oxygen atoms in total. The highest BCUT2D eigenvalue weighted by atomic mass is 16.2. The second kappa shape index (κ2) is 8.88. The Hall–Kier alpha value is -2.57. The van der Waals surface area contributed by atoms with Crippen LogP contribution in [-0.4, -0.2) is 60.4 Å². The van der Waals surface area contributed by atoms with E-state index in [2.05, 4.69) is 10.6 Å². The molecule has 0 bridgehead atoms. The third kappa shape index (κ3) is 4.78. The molecule has 0 aliphatic carbocycles. The van der Waals surface area contributed by atoms with Crippen LogP contribution in [0, 0.1) is 5.92 Å². The summed E-state index contributed by atoms with van der Waals surface area (Å²) < 4.78 is 0. The summed E-state index contributed by atoms with van der Waals surface area (Å²) in [5.74, 6) is -0.0652. The van der Waals surface area contributed by atoms with Crippen LogP contribution in [0.1, 0.15) is 43.0 Å². The Balaban J connectivity index is 1.50. The van der Waals surface area contributed by atoms with Crippen LogP contribution in [-0.2, 0) is 4.79 Å². The molecule has 1 aromatic rings. The van der Waals surface area contributed by atoms with Gasteiger partial charge < -0.3 is 20.4 Å². The van der Waals surface area contributed by atoms with E-state index in [9.17, 15) is 14.4 Å². The largest absolute Gasteiger partial charge is 0.356 e. The van der Waals surface area contributed by atoms with Gasteiger partial charge in [0.15, 0.2) is 0 Å². The van der Waals surface area contributed by atoms with Gasteiger partial charge in [-0.2, -0.15) is 0 Å². The van der Waals surface area contributed by atoms with Crippen molar-refractivity contribution in [2.75, 3.05) is 38.0 Å². The number of rotatable bonds is 4. The first kappa shape index (κ1) is 19.2. The third-order valence-electron chi connectivity index (χ3n) is 5.17. The molecule has 2 aliphatic rings. The van der Waals surface area contributed by atoms with Gasteiger partial charge in [-0.1, -0.05) is 12.8 Å². The van der Waals surface area contributed by atoms with Crippen LogP contribution >= 0.6 is 0 Å². The average molecular weight is 372 g/mol. The number of nitrogens with zero attached hydrogens (tertiary/aromatic N) is 2. The fourth-order valence-corrected chi connectivity index (χ4v) is 3.48. The van der Waals surface area contributed by atoms with Crippen molar-refractivity contribution < 1.29 is 14.4 Å². The molecular formula is C20H28N4O3. The first-order valence-electron chi connectivity index (χ1n) is 9.81. The van der Waals surface area contributed by atoms with E-state index in [4.69, 9.17) is 0 Å². The van der Waals surface area contributed by atoms with Crippen molar-refractivity contribution in [3.05, 3.63) is 29.8 Å². The van der Waals surface area contributed by atoms with Crippen molar-refractivity contribution in [2.24, 2.45) is 5.92 Å². The maximum Gasteiger partial charge on any atom is 0.321 e. The Bertz CT molecular complexity index is 675. The van der Waals surface area contributed by atoms with Crippen LogP contribution < -0.4 is 10.6 Å². The zero-order chi connectivity index (χ0) is 19.2. The smallest absolute Gasteiger partial charge is 0.321 e. The zero-order valence-electron chi connectivity index (χ0n) is 15.9. The van der Waals surface area contributed by atoms with Gasteiger partial charge in [0.2, 0.25) is 5.91 Å². The molecule has 2 saturated heterocycles. The Morgan fingerprint density at radius 1 is 0.963 bits per heavy atom. The number of nitrogens with one attached hydrogen (secondary N) is 2. The lowest BCUT2D eigenvalue weighted by atomic mass is 10.00. The molecule has 2 aliphatic heterocycles. The van der Waals surface area contributed by atoms with Crippen LogP contribution in [0.5, 0.6) is 0 Å².